The second-order valence-corrected chi connectivity index (χ2v) is 4.75. The summed E-state index contributed by atoms with van der Waals surface area (Å²) in [5, 5.41) is 3.56. The summed E-state index contributed by atoms with van der Waals surface area (Å²) in [7, 11) is 0. The summed E-state index contributed by atoms with van der Waals surface area (Å²) in [6, 6.07) is 6.87. The first-order valence-electron chi connectivity index (χ1n) is 6.49. The quantitative estimate of drug-likeness (QED) is 0.846. The third-order valence-corrected chi connectivity index (χ3v) is 3.30. The summed E-state index contributed by atoms with van der Waals surface area (Å²) in [5.41, 5.74) is 4.01. The van der Waals surface area contributed by atoms with Crippen LogP contribution in [-0.2, 0) is 6.54 Å². The molecule has 0 bridgehead atoms. The fraction of sp³-hybridized carbons (Fsp3) is 0.400. The zero-order chi connectivity index (χ0) is 13.0. The van der Waals surface area contributed by atoms with Crippen molar-refractivity contribution in [2.24, 2.45) is 0 Å². The summed E-state index contributed by atoms with van der Waals surface area (Å²) in [6.07, 6.45) is 4.70. The lowest BCUT2D eigenvalue weighted by Crippen LogP contribution is -2.21. The molecule has 2 rings (SSSR count). The molecule has 0 radical (unpaired) electrons. The summed E-state index contributed by atoms with van der Waals surface area (Å²) in [6.45, 7) is 7.34. The van der Waals surface area contributed by atoms with Gasteiger partial charge in [-0.3, -0.25) is 0 Å². The second-order valence-electron chi connectivity index (χ2n) is 4.75. The van der Waals surface area contributed by atoms with E-state index in [2.05, 4.69) is 54.3 Å². The van der Waals surface area contributed by atoms with Crippen molar-refractivity contribution in [2.75, 3.05) is 0 Å². The van der Waals surface area contributed by atoms with Crippen molar-refractivity contribution in [3.63, 3.8) is 0 Å². The average molecular weight is 243 g/mol. The van der Waals surface area contributed by atoms with Crippen molar-refractivity contribution in [3.05, 3.63) is 53.1 Å². The minimum atomic E-state index is 0.292. The van der Waals surface area contributed by atoms with Gasteiger partial charge in [0.05, 0.1) is 6.04 Å². The first-order chi connectivity index (χ1) is 8.70. The molecule has 0 aliphatic carbocycles. The van der Waals surface area contributed by atoms with Gasteiger partial charge in [0.25, 0.3) is 0 Å². The molecule has 1 heterocycles. The van der Waals surface area contributed by atoms with Gasteiger partial charge in [-0.2, -0.15) is 0 Å². The van der Waals surface area contributed by atoms with Gasteiger partial charge in [0.15, 0.2) is 0 Å². The molecule has 0 aliphatic heterocycles. The molecule has 96 valence electrons. The van der Waals surface area contributed by atoms with E-state index in [4.69, 9.17) is 0 Å². The van der Waals surface area contributed by atoms with Gasteiger partial charge in [-0.15, -0.1) is 0 Å². The van der Waals surface area contributed by atoms with Crippen molar-refractivity contribution < 1.29 is 0 Å². The van der Waals surface area contributed by atoms with E-state index in [-0.39, 0.29) is 0 Å². The molecule has 1 unspecified atom stereocenters. The van der Waals surface area contributed by atoms with E-state index >= 15 is 0 Å². The highest BCUT2D eigenvalue weighted by Crippen LogP contribution is 2.15. The van der Waals surface area contributed by atoms with E-state index in [1.807, 2.05) is 6.20 Å². The predicted octanol–water partition coefficient (Wildman–Crippen LogP) is 3.27. The lowest BCUT2D eigenvalue weighted by Gasteiger charge is -2.16. The number of rotatable bonds is 5. The summed E-state index contributed by atoms with van der Waals surface area (Å²) in [5.74, 6) is 1.02. The molecule has 0 spiro atoms. The van der Waals surface area contributed by atoms with E-state index in [1.165, 1.54) is 16.7 Å². The Bertz CT molecular complexity index is 488. The molecule has 2 N–H and O–H groups in total. The highest BCUT2D eigenvalue weighted by atomic mass is 15.0. The van der Waals surface area contributed by atoms with Gasteiger partial charge < -0.3 is 10.3 Å². The van der Waals surface area contributed by atoms with E-state index in [0.29, 0.717) is 6.04 Å². The maximum atomic E-state index is 4.32. The molecule has 1 aromatic carbocycles. The number of H-pyrrole nitrogens is 1. The SMILES string of the molecule is CCC(NCc1cc(C)ccc1C)c1ncc[nH]1. The van der Waals surface area contributed by atoms with Crippen LogP contribution in [0.5, 0.6) is 0 Å². The molecule has 0 saturated carbocycles. The van der Waals surface area contributed by atoms with Crippen molar-refractivity contribution in [3.8, 4) is 0 Å². The molecule has 0 aliphatic rings. The van der Waals surface area contributed by atoms with Gasteiger partial charge in [-0.1, -0.05) is 30.7 Å². The van der Waals surface area contributed by atoms with Crippen LogP contribution in [0.2, 0.25) is 0 Å². The molecule has 1 atom stereocenters. The summed E-state index contributed by atoms with van der Waals surface area (Å²) >= 11 is 0. The fourth-order valence-electron chi connectivity index (χ4n) is 2.13. The first kappa shape index (κ1) is 12.8. The molecule has 0 saturated heterocycles. The molecule has 2 aromatic rings. The Balaban J connectivity index is 2.04. The van der Waals surface area contributed by atoms with Crippen LogP contribution >= 0.6 is 0 Å². The summed E-state index contributed by atoms with van der Waals surface area (Å²) < 4.78 is 0. The lowest BCUT2D eigenvalue weighted by atomic mass is 10.1. The van der Waals surface area contributed by atoms with Crippen molar-refractivity contribution in [1.29, 1.82) is 0 Å². The second kappa shape index (κ2) is 5.83. The number of hydrogen-bond acceptors (Lipinski definition) is 2. The van der Waals surface area contributed by atoms with E-state index in [9.17, 15) is 0 Å². The number of aryl methyl sites for hydroxylation is 2. The number of benzene rings is 1. The van der Waals surface area contributed by atoms with Crippen molar-refractivity contribution in [1.82, 2.24) is 15.3 Å². The number of aromatic amines is 1. The predicted molar refractivity (Wildman–Crippen MR) is 74.4 cm³/mol. The number of hydrogen-bond donors (Lipinski definition) is 2. The van der Waals surface area contributed by atoms with E-state index < -0.39 is 0 Å². The monoisotopic (exact) mass is 243 g/mol. The standard InChI is InChI=1S/C15H21N3/c1-4-14(15-16-7-8-17-15)18-10-13-9-11(2)5-6-12(13)3/h5-9,14,18H,4,10H2,1-3H3,(H,16,17). The molecule has 3 nitrogen and oxygen atoms in total. The maximum absolute atomic E-state index is 4.32. The molecular formula is C15H21N3. The molecule has 0 amide bonds. The van der Waals surface area contributed by atoms with Crippen LogP contribution in [-0.4, -0.2) is 9.97 Å². The normalized spacial score (nSPS) is 12.6. The van der Waals surface area contributed by atoms with Crippen LogP contribution in [0.25, 0.3) is 0 Å². The minimum absolute atomic E-state index is 0.292. The number of nitrogens with one attached hydrogen (secondary N) is 2. The highest BCUT2D eigenvalue weighted by Gasteiger charge is 2.11. The third kappa shape index (κ3) is 2.99. The molecular weight excluding hydrogens is 222 g/mol. The first-order valence-corrected chi connectivity index (χ1v) is 6.49. The fourth-order valence-corrected chi connectivity index (χ4v) is 2.13. The Labute approximate surface area is 109 Å². The van der Waals surface area contributed by atoms with Crippen LogP contribution in [0.3, 0.4) is 0 Å². The molecule has 3 heteroatoms. The van der Waals surface area contributed by atoms with Gasteiger partial charge >= 0.3 is 0 Å². The van der Waals surface area contributed by atoms with Gasteiger partial charge in [0.1, 0.15) is 5.82 Å². The maximum Gasteiger partial charge on any atom is 0.123 e. The Morgan fingerprint density at radius 1 is 1.33 bits per heavy atom. The van der Waals surface area contributed by atoms with Crippen molar-refractivity contribution >= 4 is 0 Å². The molecule has 0 fully saturated rings. The number of nitrogens with zero attached hydrogens (tertiary/aromatic N) is 1. The van der Waals surface area contributed by atoms with Crippen LogP contribution in [0.4, 0.5) is 0 Å². The highest BCUT2D eigenvalue weighted by molar-refractivity contribution is 5.30. The van der Waals surface area contributed by atoms with Crippen LogP contribution in [0.15, 0.2) is 30.6 Å². The Kier molecular flexibility index (Phi) is 4.15. The van der Waals surface area contributed by atoms with E-state index in [1.54, 1.807) is 6.20 Å². The molecule has 1 aromatic heterocycles. The Morgan fingerprint density at radius 2 is 2.17 bits per heavy atom. The van der Waals surface area contributed by atoms with Gasteiger partial charge in [0, 0.05) is 18.9 Å². The van der Waals surface area contributed by atoms with E-state index in [0.717, 1.165) is 18.8 Å². The zero-order valence-corrected chi connectivity index (χ0v) is 11.3. The smallest absolute Gasteiger partial charge is 0.123 e. The Morgan fingerprint density at radius 3 is 2.83 bits per heavy atom. The van der Waals surface area contributed by atoms with Gasteiger partial charge in [-0.25, -0.2) is 4.98 Å². The number of imidazole rings is 1. The Hall–Kier alpha value is -1.61. The van der Waals surface area contributed by atoms with Crippen LogP contribution in [0, 0.1) is 13.8 Å². The topological polar surface area (TPSA) is 40.7 Å². The number of aromatic nitrogens is 2. The summed E-state index contributed by atoms with van der Waals surface area (Å²) in [4.78, 5) is 7.50. The zero-order valence-electron chi connectivity index (χ0n) is 11.3. The van der Waals surface area contributed by atoms with Gasteiger partial charge in [-0.05, 0) is 31.4 Å². The third-order valence-electron chi connectivity index (χ3n) is 3.30. The largest absolute Gasteiger partial charge is 0.347 e. The van der Waals surface area contributed by atoms with Gasteiger partial charge in [0.2, 0.25) is 0 Å². The van der Waals surface area contributed by atoms with Crippen LogP contribution in [0.1, 0.15) is 41.9 Å². The average Bonchev–Trinajstić information content (AvgIpc) is 2.88. The van der Waals surface area contributed by atoms with Crippen molar-refractivity contribution in [2.45, 2.75) is 39.8 Å². The molecule has 18 heavy (non-hydrogen) atoms. The minimum Gasteiger partial charge on any atom is -0.347 e. The van der Waals surface area contributed by atoms with Crippen LogP contribution < -0.4 is 5.32 Å². The lowest BCUT2D eigenvalue weighted by molar-refractivity contribution is 0.497.